The zero-order chi connectivity index (χ0) is 8.06. The van der Waals surface area contributed by atoms with Crippen molar-refractivity contribution in [3.05, 3.63) is 0 Å². The molecule has 2 aliphatic carbocycles. The van der Waals surface area contributed by atoms with Crippen LogP contribution in [0.3, 0.4) is 0 Å². The van der Waals surface area contributed by atoms with Crippen molar-refractivity contribution >= 4 is 0 Å². The molecule has 2 saturated carbocycles. The van der Waals surface area contributed by atoms with Gasteiger partial charge in [0, 0.05) is 0 Å². The van der Waals surface area contributed by atoms with E-state index in [4.69, 9.17) is 0 Å². The van der Waals surface area contributed by atoms with Gasteiger partial charge in [0.2, 0.25) is 0 Å². The summed E-state index contributed by atoms with van der Waals surface area (Å²) in [5.41, 5.74) is 0.565. The van der Waals surface area contributed by atoms with Gasteiger partial charge in [-0.2, -0.15) is 0 Å². The van der Waals surface area contributed by atoms with E-state index in [1.54, 1.807) is 0 Å². The third-order valence-electron chi connectivity index (χ3n) is 3.45. The summed E-state index contributed by atoms with van der Waals surface area (Å²) in [7, 11) is 0. The van der Waals surface area contributed by atoms with Crippen molar-refractivity contribution in [2.75, 3.05) is 0 Å². The molecular weight excluding hydrogens is 136 g/mol. The molecule has 0 radical (unpaired) electrons. The van der Waals surface area contributed by atoms with E-state index in [9.17, 15) is 5.11 Å². The van der Waals surface area contributed by atoms with Crippen LogP contribution in [0.25, 0.3) is 0 Å². The lowest BCUT2D eigenvalue weighted by molar-refractivity contribution is 0.162. The van der Waals surface area contributed by atoms with E-state index in [0.717, 1.165) is 24.7 Å². The fraction of sp³-hybridized carbons (Fsp3) is 1.00. The van der Waals surface area contributed by atoms with Gasteiger partial charge in [-0.05, 0) is 42.9 Å². The lowest BCUT2D eigenvalue weighted by Gasteiger charge is -2.18. The first-order valence-corrected chi connectivity index (χ1v) is 4.75. The Kier molecular flexibility index (Phi) is 1.54. The van der Waals surface area contributed by atoms with Crippen molar-refractivity contribution in [1.82, 2.24) is 0 Å². The van der Waals surface area contributed by atoms with Gasteiger partial charge in [-0.15, -0.1) is 0 Å². The lowest BCUT2D eigenvalue weighted by atomic mass is 9.88. The molecule has 0 aliphatic heterocycles. The van der Waals surface area contributed by atoms with Crippen molar-refractivity contribution in [3.63, 3.8) is 0 Å². The van der Waals surface area contributed by atoms with Crippen LogP contribution in [0.4, 0.5) is 0 Å². The van der Waals surface area contributed by atoms with Gasteiger partial charge in [0.25, 0.3) is 0 Å². The van der Waals surface area contributed by atoms with Crippen molar-refractivity contribution in [3.8, 4) is 0 Å². The Morgan fingerprint density at radius 2 is 1.55 bits per heavy atom. The van der Waals surface area contributed by atoms with Crippen LogP contribution in [0, 0.1) is 17.3 Å². The fourth-order valence-electron chi connectivity index (χ4n) is 3.18. The Hall–Kier alpha value is -0.0400. The molecule has 0 spiro atoms. The zero-order valence-electron chi connectivity index (χ0n) is 7.51. The van der Waals surface area contributed by atoms with E-state index in [2.05, 4.69) is 13.8 Å². The van der Waals surface area contributed by atoms with Crippen LogP contribution >= 0.6 is 0 Å². The number of aliphatic hydroxyl groups excluding tert-OH is 1. The molecule has 2 rings (SSSR count). The summed E-state index contributed by atoms with van der Waals surface area (Å²) in [4.78, 5) is 0. The third kappa shape index (κ3) is 1.31. The van der Waals surface area contributed by atoms with Crippen molar-refractivity contribution < 1.29 is 5.11 Å². The van der Waals surface area contributed by atoms with Gasteiger partial charge in [0.15, 0.2) is 0 Å². The first kappa shape index (κ1) is 7.60. The maximum absolute atomic E-state index is 9.41. The van der Waals surface area contributed by atoms with Crippen LogP contribution in [-0.2, 0) is 0 Å². The van der Waals surface area contributed by atoms with Gasteiger partial charge in [0.1, 0.15) is 0 Å². The van der Waals surface area contributed by atoms with Crippen LogP contribution in [0.5, 0.6) is 0 Å². The van der Waals surface area contributed by atoms with Crippen molar-refractivity contribution in [1.29, 1.82) is 0 Å². The van der Waals surface area contributed by atoms with E-state index in [0.29, 0.717) is 5.41 Å². The minimum absolute atomic E-state index is 0.0288. The molecule has 64 valence electrons. The average Bonchev–Trinajstić information content (AvgIpc) is 2.17. The standard InChI is InChI=1S/C10H18O/c1-10(2)5-7-3-9(11)4-8(7)6-10/h7-9,11H,3-6H2,1-2H3/t7-,8+,9?. The number of rotatable bonds is 0. The second kappa shape index (κ2) is 2.22. The predicted octanol–water partition coefficient (Wildman–Crippen LogP) is 2.19. The smallest absolute Gasteiger partial charge is 0.0545 e. The molecule has 0 saturated heterocycles. The molecule has 1 heteroatoms. The average molecular weight is 154 g/mol. The monoisotopic (exact) mass is 154 g/mol. The number of fused-ring (bicyclic) bond motifs is 1. The summed E-state index contributed by atoms with van der Waals surface area (Å²) in [5, 5.41) is 9.41. The Morgan fingerprint density at radius 1 is 1.09 bits per heavy atom. The van der Waals surface area contributed by atoms with Gasteiger partial charge in [-0.25, -0.2) is 0 Å². The fourth-order valence-corrected chi connectivity index (χ4v) is 3.18. The summed E-state index contributed by atoms with van der Waals surface area (Å²) in [6.45, 7) is 4.72. The van der Waals surface area contributed by atoms with Crippen LogP contribution in [0.2, 0.25) is 0 Å². The Balaban J connectivity index is 2.04. The summed E-state index contributed by atoms with van der Waals surface area (Å²) in [5.74, 6) is 1.69. The molecular formula is C10H18O. The Bertz CT molecular complexity index is 146. The van der Waals surface area contributed by atoms with Crippen molar-refractivity contribution in [2.24, 2.45) is 17.3 Å². The zero-order valence-corrected chi connectivity index (χ0v) is 7.51. The highest BCUT2D eigenvalue weighted by Crippen LogP contribution is 2.52. The Morgan fingerprint density at radius 3 is 2.00 bits per heavy atom. The normalized spacial score (nSPS) is 47.7. The first-order valence-electron chi connectivity index (χ1n) is 4.75. The van der Waals surface area contributed by atoms with Gasteiger partial charge < -0.3 is 5.11 Å². The molecule has 0 aromatic rings. The predicted molar refractivity (Wildman–Crippen MR) is 45.2 cm³/mol. The molecule has 0 aromatic carbocycles. The highest BCUT2D eigenvalue weighted by atomic mass is 16.3. The molecule has 0 heterocycles. The largest absolute Gasteiger partial charge is 0.393 e. The van der Waals surface area contributed by atoms with Gasteiger partial charge in [0.05, 0.1) is 6.10 Å². The maximum atomic E-state index is 9.41. The molecule has 1 N–H and O–H groups in total. The van der Waals surface area contributed by atoms with Gasteiger partial charge >= 0.3 is 0 Å². The summed E-state index contributed by atoms with van der Waals surface area (Å²) >= 11 is 0. The van der Waals surface area contributed by atoms with Gasteiger partial charge in [-0.1, -0.05) is 13.8 Å². The number of aliphatic hydroxyl groups is 1. The van der Waals surface area contributed by atoms with Crippen molar-refractivity contribution in [2.45, 2.75) is 45.6 Å². The van der Waals surface area contributed by atoms with E-state index in [1.165, 1.54) is 12.8 Å². The second-order valence-electron chi connectivity index (χ2n) is 5.22. The van der Waals surface area contributed by atoms with Crippen LogP contribution in [0.1, 0.15) is 39.5 Å². The molecule has 2 fully saturated rings. The second-order valence-corrected chi connectivity index (χ2v) is 5.22. The molecule has 2 aliphatic rings. The molecule has 0 amide bonds. The molecule has 11 heavy (non-hydrogen) atoms. The third-order valence-corrected chi connectivity index (χ3v) is 3.45. The van der Waals surface area contributed by atoms with E-state index in [-0.39, 0.29) is 6.10 Å². The van der Waals surface area contributed by atoms with E-state index >= 15 is 0 Å². The molecule has 1 nitrogen and oxygen atoms in total. The van der Waals surface area contributed by atoms with Crippen LogP contribution in [-0.4, -0.2) is 11.2 Å². The highest BCUT2D eigenvalue weighted by molar-refractivity contribution is 4.95. The molecule has 1 unspecified atom stereocenters. The minimum atomic E-state index is 0.0288. The topological polar surface area (TPSA) is 20.2 Å². The van der Waals surface area contributed by atoms with Gasteiger partial charge in [-0.3, -0.25) is 0 Å². The minimum Gasteiger partial charge on any atom is -0.393 e. The van der Waals surface area contributed by atoms with Crippen LogP contribution in [0.15, 0.2) is 0 Å². The highest BCUT2D eigenvalue weighted by Gasteiger charge is 2.44. The van der Waals surface area contributed by atoms with Crippen LogP contribution < -0.4 is 0 Å². The quantitative estimate of drug-likeness (QED) is 0.567. The molecule has 0 aromatic heterocycles. The molecule has 0 bridgehead atoms. The summed E-state index contributed by atoms with van der Waals surface area (Å²) in [6.07, 6.45) is 4.87. The number of hydrogen-bond donors (Lipinski definition) is 1. The summed E-state index contributed by atoms with van der Waals surface area (Å²) in [6, 6.07) is 0. The van der Waals surface area contributed by atoms with E-state index in [1.807, 2.05) is 0 Å². The number of hydrogen-bond acceptors (Lipinski definition) is 1. The maximum Gasteiger partial charge on any atom is 0.0545 e. The SMILES string of the molecule is CC1(C)C[C@H]2CC(O)C[C@H]2C1. The molecule has 3 atom stereocenters. The van der Waals surface area contributed by atoms with E-state index < -0.39 is 0 Å². The summed E-state index contributed by atoms with van der Waals surface area (Å²) < 4.78 is 0. The lowest BCUT2D eigenvalue weighted by Crippen LogP contribution is -2.09. The first-order chi connectivity index (χ1) is 5.07. The Labute approximate surface area is 68.8 Å².